The van der Waals surface area contributed by atoms with Crippen LogP contribution in [0.5, 0.6) is 0 Å². The van der Waals surface area contributed by atoms with E-state index in [2.05, 4.69) is 0 Å². The number of aliphatic carboxylic acids is 1. The van der Waals surface area contributed by atoms with Gasteiger partial charge in [0.1, 0.15) is 6.54 Å². The largest absolute Gasteiger partial charge is 0.480 e. The molecule has 0 fully saturated rings. The van der Waals surface area contributed by atoms with Gasteiger partial charge >= 0.3 is 5.97 Å². The molecule has 0 saturated heterocycles. The third-order valence-electron chi connectivity index (χ3n) is 2.29. The molecule has 3 N–H and O–H groups in total. The standard InChI is InChI=1S/C11H13ClN2O3/c1-2-14(6-9(15)16)8-5-3-4-7(12)10(8)11(13)17/h3-5H,2,6H2,1H3,(H2,13,17)(H,15,16). The lowest BCUT2D eigenvalue weighted by Crippen LogP contribution is -2.31. The predicted molar refractivity (Wildman–Crippen MR) is 65.5 cm³/mol. The average Bonchev–Trinajstić information content (AvgIpc) is 2.24. The van der Waals surface area contributed by atoms with Gasteiger partial charge in [-0.05, 0) is 19.1 Å². The SMILES string of the molecule is CCN(CC(=O)O)c1cccc(Cl)c1C(N)=O. The number of carbonyl (C=O) groups is 2. The van der Waals surface area contributed by atoms with Gasteiger partial charge in [0.15, 0.2) is 0 Å². The number of carboxylic acid groups (broad SMARTS) is 1. The quantitative estimate of drug-likeness (QED) is 0.833. The Kier molecular flexibility index (Phi) is 4.34. The number of hydrogen-bond acceptors (Lipinski definition) is 3. The summed E-state index contributed by atoms with van der Waals surface area (Å²) in [5.74, 6) is -1.66. The molecule has 0 atom stereocenters. The van der Waals surface area contributed by atoms with E-state index in [-0.39, 0.29) is 17.1 Å². The first-order valence-electron chi connectivity index (χ1n) is 5.02. The van der Waals surface area contributed by atoms with Crippen molar-refractivity contribution in [2.75, 3.05) is 18.0 Å². The molecule has 0 aromatic heterocycles. The van der Waals surface area contributed by atoms with Crippen LogP contribution < -0.4 is 10.6 Å². The van der Waals surface area contributed by atoms with Gasteiger partial charge in [0, 0.05) is 6.54 Å². The highest BCUT2D eigenvalue weighted by Gasteiger charge is 2.18. The second-order valence-electron chi connectivity index (χ2n) is 3.41. The summed E-state index contributed by atoms with van der Waals surface area (Å²) < 4.78 is 0. The van der Waals surface area contributed by atoms with Gasteiger partial charge in [0.25, 0.3) is 5.91 Å². The van der Waals surface area contributed by atoms with Crippen LogP contribution in [-0.4, -0.2) is 30.1 Å². The van der Waals surface area contributed by atoms with E-state index in [1.165, 1.54) is 4.90 Å². The van der Waals surface area contributed by atoms with E-state index < -0.39 is 11.9 Å². The first kappa shape index (κ1) is 13.3. The van der Waals surface area contributed by atoms with Crippen LogP contribution >= 0.6 is 11.6 Å². The molecule has 92 valence electrons. The summed E-state index contributed by atoms with van der Waals surface area (Å²) >= 11 is 5.89. The number of likely N-dealkylation sites (N-methyl/N-ethyl adjacent to an activating group) is 1. The molecule has 0 spiro atoms. The van der Waals surface area contributed by atoms with Crippen LogP contribution in [0.3, 0.4) is 0 Å². The number of hydrogen-bond donors (Lipinski definition) is 2. The Morgan fingerprint density at radius 1 is 1.47 bits per heavy atom. The Morgan fingerprint density at radius 3 is 2.59 bits per heavy atom. The fourth-order valence-electron chi connectivity index (χ4n) is 1.55. The minimum absolute atomic E-state index is 0.150. The van der Waals surface area contributed by atoms with Crippen molar-refractivity contribution in [2.24, 2.45) is 5.73 Å². The lowest BCUT2D eigenvalue weighted by Gasteiger charge is -2.23. The fourth-order valence-corrected chi connectivity index (χ4v) is 1.81. The van der Waals surface area contributed by atoms with Gasteiger partial charge in [-0.25, -0.2) is 0 Å². The fraction of sp³-hybridized carbons (Fsp3) is 0.273. The molecule has 1 rings (SSSR count). The van der Waals surface area contributed by atoms with Crippen molar-refractivity contribution in [3.8, 4) is 0 Å². The Bertz CT molecular complexity index is 448. The first-order chi connectivity index (χ1) is 7.97. The van der Waals surface area contributed by atoms with E-state index >= 15 is 0 Å². The molecule has 0 saturated carbocycles. The zero-order valence-electron chi connectivity index (χ0n) is 9.31. The maximum atomic E-state index is 11.3. The Hall–Kier alpha value is -1.75. The molecule has 6 heteroatoms. The molecule has 1 amide bonds. The second-order valence-corrected chi connectivity index (χ2v) is 3.81. The molecule has 1 aromatic carbocycles. The maximum absolute atomic E-state index is 11.3. The van der Waals surface area contributed by atoms with Gasteiger partial charge in [-0.3, -0.25) is 9.59 Å². The Balaban J connectivity index is 3.23. The maximum Gasteiger partial charge on any atom is 0.323 e. The number of carbonyl (C=O) groups excluding carboxylic acids is 1. The molecular weight excluding hydrogens is 244 g/mol. The lowest BCUT2D eigenvalue weighted by molar-refractivity contribution is -0.135. The van der Waals surface area contributed by atoms with E-state index in [1.54, 1.807) is 25.1 Å². The zero-order valence-corrected chi connectivity index (χ0v) is 10.1. The molecule has 17 heavy (non-hydrogen) atoms. The van der Waals surface area contributed by atoms with Crippen LogP contribution in [-0.2, 0) is 4.79 Å². The van der Waals surface area contributed by atoms with E-state index in [0.717, 1.165) is 0 Å². The highest BCUT2D eigenvalue weighted by molar-refractivity contribution is 6.34. The van der Waals surface area contributed by atoms with Crippen LogP contribution in [0, 0.1) is 0 Å². The van der Waals surface area contributed by atoms with E-state index in [1.807, 2.05) is 0 Å². The molecule has 0 heterocycles. The molecular formula is C11H13ClN2O3. The monoisotopic (exact) mass is 256 g/mol. The highest BCUT2D eigenvalue weighted by Crippen LogP contribution is 2.26. The minimum Gasteiger partial charge on any atom is -0.480 e. The minimum atomic E-state index is -0.984. The van der Waals surface area contributed by atoms with Gasteiger partial charge in [-0.2, -0.15) is 0 Å². The summed E-state index contributed by atoms with van der Waals surface area (Å²) in [7, 11) is 0. The van der Waals surface area contributed by atoms with Crippen molar-refractivity contribution in [1.29, 1.82) is 0 Å². The number of benzene rings is 1. The molecule has 0 radical (unpaired) electrons. The zero-order chi connectivity index (χ0) is 13.0. The molecule has 5 nitrogen and oxygen atoms in total. The topological polar surface area (TPSA) is 83.6 Å². The average molecular weight is 257 g/mol. The van der Waals surface area contributed by atoms with Crippen LogP contribution in [0.25, 0.3) is 0 Å². The molecule has 1 aromatic rings. The summed E-state index contributed by atoms with van der Waals surface area (Å²) in [4.78, 5) is 23.6. The molecule has 0 unspecified atom stereocenters. The summed E-state index contributed by atoms with van der Waals surface area (Å²) in [5.41, 5.74) is 5.83. The Labute approximate surface area is 104 Å². The number of anilines is 1. The molecule has 0 bridgehead atoms. The van der Waals surface area contributed by atoms with Crippen molar-refractivity contribution in [3.05, 3.63) is 28.8 Å². The normalized spacial score (nSPS) is 10.0. The number of nitrogens with two attached hydrogens (primary N) is 1. The number of rotatable bonds is 5. The number of halogens is 1. The summed E-state index contributed by atoms with van der Waals surface area (Å²) in [6, 6.07) is 4.81. The van der Waals surface area contributed by atoms with E-state index in [4.69, 9.17) is 22.4 Å². The van der Waals surface area contributed by atoms with Crippen molar-refractivity contribution in [1.82, 2.24) is 0 Å². The van der Waals surface area contributed by atoms with E-state index in [9.17, 15) is 9.59 Å². The number of primary amides is 1. The third-order valence-corrected chi connectivity index (χ3v) is 2.60. The van der Waals surface area contributed by atoms with Crippen molar-refractivity contribution in [3.63, 3.8) is 0 Å². The predicted octanol–water partition coefficient (Wildman–Crippen LogP) is 1.35. The number of nitrogens with zero attached hydrogens (tertiary/aromatic N) is 1. The van der Waals surface area contributed by atoms with Crippen LogP contribution in [0.4, 0.5) is 5.69 Å². The van der Waals surface area contributed by atoms with Crippen molar-refractivity contribution in [2.45, 2.75) is 6.92 Å². The van der Waals surface area contributed by atoms with Gasteiger partial charge in [-0.15, -0.1) is 0 Å². The summed E-state index contributed by atoms with van der Waals surface area (Å²) in [6.07, 6.45) is 0. The van der Waals surface area contributed by atoms with Crippen LogP contribution in [0.15, 0.2) is 18.2 Å². The second kappa shape index (κ2) is 5.54. The van der Waals surface area contributed by atoms with Gasteiger partial charge < -0.3 is 15.7 Å². The molecule has 0 aliphatic carbocycles. The summed E-state index contributed by atoms with van der Waals surface area (Å²) in [6.45, 7) is 2.01. The number of carboxylic acids is 1. The van der Waals surface area contributed by atoms with Gasteiger partial charge in [0.2, 0.25) is 0 Å². The molecule has 0 aliphatic rings. The number of amides is 1. The van der Waals surface area contributed by atoms with Gasteiger partial charge in [0.05, 0.1) is 16.3 Å². The molecule has 0 aliphatic heterocycles. The highest BCUT2D eigenvalue weighted by atomic mass is 35.5. The smallest absolute Gasteiger partial charge is 0.323 e. The van der Waals surface area contributed by atoms with Crippen molar-refractivity contribution >= 4 is 29.2 Å². The first-order valence-corrected chi connectivity index (χ1v) is 5.40. The van der Waals surface area contributed by atoms with Crippen LogP contribution in [0.1, 0.15) is 17.3 Å². The van der Waals surface area contributed by atoms with Crippen molar-refractivity contribution < 1.29 is 14.7 Å². The Morgan fingerprint density at radius 2 is 2.12 bits per heavy atom. The van der Waals surface area contributed by atoms with Gasteiger partial charge in [-0.1, -0.05) is 17.7 Å². The van der Waals surface area contributed by atoms with Crippen LogP contribution in [0.2, 0.25) is 5.02 Å². The summed E-state index contributed by atoms with van der Waals surface area (Å²) in [5, 5.41) is 9.01. The lowest BCUT2D eigenvalue weighted by atomic mass is 10.1. The van der Waals surface area contributed by atoms with E-state index in [0.29, 0.717) is 12.2 Å². The third kappa shape index (κ3) is 3.10.